The normalized spacial score (nSPS) is 10.9. The van der Waals surface area contributed by atoms with Crippen molar-refractivity contribution in [1.29, 1.82) is 5.26 Å². The summed E-state index contributed by atoms with van der Waals surface area (Å²) in [5.41, 5.74) is 2.52. The minimum Gasteiger partial charge on any atom is -0.366 e. The summed E-state index contributed by atoms with van der Waals surface area (Å²) in [4.78, 5) is 6.63. The van der Waals surface area contributed by atoms with Crippen molar-refractivity contribution >= 4 is 11.5 Å². The van der Waals surface area contributed by atoms with Gasteiger partial charge in [0, 0.05) is 20.5 Å². The first kappa shape index (κ1) is 13.8. The fourth-order valence-electron chi connectivity index (χ4n) is 1.88. The van der Waals surface area contributed by atoms with E-state index in [2.05, 4.69) is 23.2 Å². The second-order valence-corrected chi connectivity index (χ2v) is 4.71. The van der Waals surface area contributed by atoms with Crippen LogP contribution >= 0.6 is 0 Å². The van der Waals surface area contributed by atoms with Gasteiger partial charge in [0.05, 0.1) is 11.3 Å². The lowest BCUT2D eigenvalue weighted by Gasteiger charge is -2.16. The summed E-state index contributed by atoms with van der Waals surface area (Å²) in [5, 5.41) is 9.13. The average molecular weight is 263 g/mol. The molecular weight excluding hydrogens is 246 g/mol. The highest BCUT2D eigenvalue weighted by Gasteiger charge is 2.06. The van der Waals surface area contributed by atoms with Gasteiger partial charge in [-0.25, -0.2) is 4.99 Å². The van der Waals surface area contributed by atoms with Crippen molar-refractivity contribution in [2.75, 3.05) is 14.1 Å². The molecule has 0 spiro atoms. The maximum Gasteiger partial charge on any atom is 0.109 e. The SMILES string of the molecule is CN(C)C(Cc1ccccc1)=Nc1ccccc1C#N. The van der Waals surface area contributed by atoms with Crippen LogP contribution in [-0.4, -0.2) is 24.8 Å². The van der Waals surface area contributed by atoms with Crippen LogP contribution in [0.1, 0.15) is 11.1 Å². The number of para-hydroxylation sites is 1. The maximum absolute atomic E-state index is 9.13. The Morgan fingerprint density at radius 3 is 2.35 bits per heavy atom. The zero-order valence-corrected chi connectivity index (χ0v) is 11.7. The zero-order valence-electron chi connectivity index (χ0n) is 11.7. The molecule has 2 rings (SSSR count). The monoisotopic (exact) mass is 263 g/mol. The molecule has 0 aliphatic carbocycles. The van der Waals surface area contributed by atoms with E-state index >= 15 is 0 Å². The van der Waals surface area contributed by atoms with E-state index in [9.17, 15) is 0 Å². The molecule has 0 saturated heterocycles. The molecule has 0 aliphatic rings. The largest absolute Gasteiger partial charge is 0.366 e. The standard InChI is InChI=1S/C17H17N3/c1-20(2)17(12-14-8-4-3-5-9-14)19-16-11-7-6-10-15(16)13-18/h3-11H,12H2,1-2H3. The molecule has 0 aliphatic heterocycles. The Morgan fingerprint density at radius 2 is 1.70 bits per heavy atom. The third kappa shape index (κ3) is 3.46. The van der Waals surface area contributed by atoms with Gasteiger partial charge in [0.15, 0.2) is 0 Å². The van der Waals surface area contributed by atoms with Crippen molar-refractivity contribution in [2.24, 2.45) is 4.99 Å². The number of hydrogen-bond acceptors (Lipinski definition) is 2. The van der Waals surface area contributed by atoms with Gasteiger partial charge in [-0.3, -0.25) is 0 Å². The second kappa shape index (κ2) is 6.53. The molecule has 3 nitrogen and oxygen atoms in total. The summed E-state index contributed by atoms with van der Waals surface area (Å²) in [7, 11) is 3.94. The van der Waals surface area contributed by atoms with Crippen molar-refractivity contribution in [3.63, 3.8) is 0 Å². The second-order valence-electron chi connectivity index (χ2n) is 4.71. The van der Waals surface area contributed by atoms with Crippen LogP contribution < -0.4 is 0 Å². The Balaban J connectivity index is 2.34. The quantitative estimate of drug-likeness (QED) is 0.629. The first-order chi connectivity index (χ1) is 9.70. The summed E-state index contributed by atoms with van der Waals surface area (Å²) in [6.45, 7) is 0. The fraction of sp³-hybridized carbons (Fsp3) is 0.176. The minimum atomic E-state index is 0.597. The highest BCUT2D eigenvalue weighted by molar-refractivity contribution is 5.87. The van der Waals surface area contributed by atoms with E-state index in [1.807, 2.05) is 55.4 Å². The van der Waals surface area contributed by atoms with E-state index in [1.165, 1.54) is 5.56 Å². The molecule has 3 heteroatoms. The zero-order chi connectivity index (χ0) is 14.4. The number of benzene rings is 2. The van der Waals surface area contributed by atoms with E-state index in [0.29, 0.717) is 5.56 Å². The van der Waals surface area contributed by atoms with Crippen molar-refractivity contribution in [2.45, 2.75) is 6.42 Å². The number of nitrogens with zero attached hydrogens (tertiary/aromatic N) is 3. The molecule has 2 aromatic rings. The Hall–Kier alpha value is -2.60. The van der Waals surface area contributed by atoms with Gasteiger partial charge in [0.2, 0.25) is 0 Å². The number of aliphatic imine (C=N–C) groups is 1. The van der Waals surface area contributed by atoms with Gasteiger partial charge < -0.3 is 4.90 Å². The molecule has 0 atom stereocenters. The molecule has 2 aromatic carbocycles. The highest BCUT2D eigenvalue weighted by atomic mass is 15.1. The van der Waals surface area contributed by atoms with Gasteiger partial charge in [-0.15, -0.1) is 0 Å². The lowest BCUT2D eigenvalue weighted by molar-refractivity contribution is 0.610. The molecule has 20 heavy (non-hydrogen) atoms. The highest BCUT2D eigenvalue weighted by Crippen LogP contribution is 2.18. The molecule has 100 valence electrons. The van der Waals surface area contributed by atoms with Crippen LogP contribution in [-0.2, 0) is 6.42 Å². The number of amidine groups is 1. The molecular formula is C17H17N3. The molecule has 0 N–H and O–H groups in total. The summed E-state index contributed by atoms with van der Waals surface area (Å²) in [5.74, 6) is 0.930. The third-order valence-corrected chi connectivity index (χ3v) is 3.00. The van der Waals surface area contributed by atoms with E-state index < -0.39 is 0 Å². The van der Waals surface area contributed by atoms with E-state index in [1.54, 1.807) is 6.07 Å². The summed E-state index contributed by atoms with van der Waals surface area (Å²) in [6.07, 6.45) is 0.744. The summed E-state index contributed by atoms with van der Waals surface area (Å²) < 4.78 is 0. The van der Waals surface area contributed by atoms with E-state index in [4.69, 9.17) is 5.26 Å². The first-order valence-electron chi connectivity index (χ1n) is 6.48. The maximum atomic E-state index is 9.13. The summed E-state index contributed by atoms with van der Waals surface area (Å²) in [6, 6.07) is 19.8. The molecule has 0 unspecified atom stereocenters. The lowest BCUT2D eigenvalue weighted by Crippen LogP contribution is -2.24. The van der Waals surface area contributed by atoms with Crippen LogP contribution in [0.3, 0.4) is 0 Å². The van der Waals surface area contributed by atoms with Crippen LogP contribution in [0.5, 0.6) is 0 Å². The molecule has 0 radical (unpaired) electrons. The molecule has 0 fully saturated rings. The molecule has 0 heterocycles. The predicted molar refractivity (Wildman–Crippen MR) is 82.1 cm³/mol. The Morgan fingerprint density at radius 1 is 1.05 bits per heavy atom. The number of rotatable bonds is 3. The first-order valence-corrected chi connectivity index (χ1v) is 6.48. The number of hydrogen-bond donors (Lipinski definition) is 0. The Labute approximate surface area is 119 Å². The minimum absolute atomic E-state index is 0.597. The van der Waals surface area contributed by atoms with Crippen LogP contribution in [0.4, 0.5) is 5.69 Å². The van der Waals surface area contributed by atoms with Crippen molar-refractivity contribution in [1.82, 2.24) is 4.90 Å². The average Bonchev–Trinajstić information content (AvgIpc) is 2.48. The third-order valence-electron chi connectivity index (χ3n) is 3.00. The van der Waals surface area contributed by atoms with Gasteiger partial charge in [-0.2, -0.15) is 5.26 Å². The molecule has 0 bridgehead atoms. The number of nitriles is 1. The fourth-order valence-corrected chi connectivity index (χ4v) is 1.88. The molecule has 0 amide bonds. The summed E-state index contributed by atoms with van der Waals surface area (Å²) >= 11 is 0. The Kier molecular flexibility index (Phi) is 4.52. The van der Waals surface area contributed by atoms with Gasteiger partial charge in [-0.05, 0) is 17.7 Å². The Bertz CT molecular complexity index is 637. The van der Waals surface area contributed by atoms with Gasteiger partial charge >= 0.3 is 0 Å². The van der Waals surface area contributed by atoms with Gasteiger partial charge in [0.25, 0.3) is 0 Å². The predicted octanol–water partition coefficient (Wildman–Crippen LogP) is 3.39. The molecule has 0 aromatic heterocycles. The van der Waals surface area contributed by atoms with Gasteiger partial charge in [-0.1, -0.05) is 42.5 Å². The van der Waals surface area contributed by atoms with Crippen molar-refractivity contribution < 1.29 is 0 Å². The van der Waals surface area contributed by atoms with Crippen LogP contribution in [0.15, 0.2) is 59.6 Å². The number of likely N-dealkylation sites (N-methyl/N-ethyl adjacent to an activating group) is 1. The van der Waals surface area contributed by atoms with Crippen molar-refractivity contribution in [3.8, 4) is 6.07 Å². The van der Waals surface area contributed by atoms with Crippen LogP contribution in [0.25, 0.3) is 0 Å². The van der Waals surface area contributed by atoms with Crippen LogP contribution in [0, 0.1) is 11.3 Å². The lowest BCUT2D eigenvalue weighted by atomic mass is 10.1. The van der Waals surface area contributed by atoms with E-state index in [0.717, 1.165) is 17.9 Å². The topological polar surface area (TPSA) is 39.4 Å². The van der Waals surface area contributed by atoms with Crippen LogP contribution in [0.2, 0.25) is 0 Å². The smallest absolute Gasteiger partial charge is 0.109 e. The van der Waals surface area contributed by atoms with Gasteiger partial charge in [0.1, 0.15) is 11.9 Å². The van der Waals surface area contributed by atoms with Crippen molar-refractivity contribution in [3.05, 3.63) is 65.7 Å². The molecule has 0 saturated carbocycles. The van der Waals surface area contributed by atoms with E-state index in [-0.39, 0.29) is 0 Å².